The molecule has 7 nitrogen and oxygen atoms in total. The van der Waals surface area contributed by atoms with Crippen LogP contribution in [-0.2, 0) is 6.42 Å². The van der Waals surface area contributed by atoms with Gasteiger partial charge in [0.05, 0.1) is 4.92 Å². The molecule has 0 amide bonds. The van der Waals surface area contributed by atoms with Crippen LogP contribution in [0.15, 0.2) is 54.9 Å². The highest BCUT2D eigenvalue weighted by atomic mass is 16.6. The molecule has 0 spiro atoms. The highest BCUT2D eigenvalue weighted by Gasteiger charge is 2.23. The van der Waals surface area contributed by atoms with Crippen molar-refractivity contribution < 1.29 is 4.92 Å². The van der Waals surface area contributed by atoms with Crippen LogP contribution in [-0.4, -0.2) is 14.9 Å². The van der Waals surface area contributed by atoms with Gasteiger partial charge >= 0.3 is 5.69 Å². The molecule has 0 fully saturated rings. The Balaban J connectivity index is 1.83. The summed E-state index contributed by atoms with van der Waals surface area (Å²) in [6.07, 6.45) is 4.62. The second-order valence-electron chi connectivity index (χ2n) is 7.50. The maximum atomic E-state index is 11.8. The number of hydrogen-bond acceptors (Lipinski definition) is 6. The van der Waals surface area contributed by atoms with Gasteiger partial charge in [-0.25, -0.2) is 9.97 Å². The van der Waals surface area contributed by atoms with E-state index >= 15 is 0 Å². The molecule has 1 aromatic heterocycles. The van der Waals surface area contributed by atoms with Gasteiger partial charge < -0.3 is 10.6 Å². The first-order valence-corrected chi connectivity index (χ1v) is 10.2. The minimum Gasteiger partial charge on any atom is -0.334 e. The molecule has 0 radical (unpaired) electrons. The summed E-state index contributed by atoms with van der Waals surface area (Å²) in [6, 6.07) is 15.7. The quantitative estimate of drug-likeness (QED) is 0.319. The number of nitrogens with zero attached hydrogens (tertiary/aromatic N) is 3. The molecular formula is C23H27N5O2. The van der Waals surface area contributed by atoms with E-state index in [1.807, 2.05) is 48.5 Å². The first-order chi connectivity index (χ1) is 14.5. The van der Waals surface area contributed by atoms with Crippen molar-refractivity contribution in [3.05, 3.63) is 76.1 Å². The summed E-state index contributed by atoms with van der Waals surface area (Å²) >= 11 is 0. The van der Waals surface area contributed by atoms with Crippen LogP contribution in [0.2, 0.25) is 0 Å². The van der Waals surface area contributed by atoms with Crippen LogP contribution in [0.1, 0.15) is 50.7 Å². The number of benzene rings is 2. The average Bonchev–Trinajstić information content (AvgIpc) is 2.73. The van der Waals surface area contributed by atoms with Gasteiger partial charge in [-0.3, -0.25) is 10.1 Å². The maximum Gasteiger partial charge on any atom is 0.353 e. The fourth-order valence-corrected chi connectivity index (χ4v) is 3.10. The fourth-order valence-electron chi connectivity index (χ4n) is 3.10. The Labute approximate surface area is 176 Å². The monoisotopic (exact) mass is 405 g/mol. The number of aryl methyl sites for hydroxylation is 1. The SMILES string of the molecule is CCCCc1ccc(Nc2ncnc(Nc3ccc(C(C)C)cc3)c2[N+](=O)[O-])cc1. The fraction of sp³-hybridized carbons (Fsp3) is 0.304. The topological polar surface area (TPSA) is 93.0 Å². The van der Waals surface area contributed by atoms with Gasteiger partial charge in [0.25, 0.3) is 0 Å². The van der Waals surface area contributed by atoms with Crippen molar-refractivity contribution in [1.82, 2.24) is 9.97 Å². The summed E-state index contributed by atoms with van der Waals surface area (Å²) in [5, 5.41) is 17.9. The number of unbranched alkanes of at least 4 members (excludes halogenated alkanes) is 1. The van der Waals surface area contributed by atoms with Crippen molar-refractivity contribution in [1.29, 1.82) is 0 Å². The molecule has 0 bridgehead atoms. The molecule has 30 heavy (non-hydrogen) atoms. The van der Waals surface area contributed by atoms with Gasteiger partial charge in [-0.1, -0.05) is 51.5 Å². The smallest absolute Gasteiger partial charge is 0.334 e. The van der Waals surface area contributed by atoms with E-state index in [4.69, 9.17) is 0 Å². The molecule has 0 aliphatic rings. The summed E-state index contributed by atoms with van der Waals surface area (Å²) in [5.41, 5.74) is 3.71. The molecule has 3 aromatic rings. The standard InChI is InChI=1S/C23H27N5O2/c1-4-5-6-17-7-11-19(12-8-17)26-22-21(28(29)30)23(25-15-24-22)27-20-13-9-18(10-14-20)16(2)3/h7-16H,4-6H2,1-3H3,(H2,24,25,26,27). The summed E-state index contributed by atoms with van der Waals surface area (Å²) in [5.74, 6) is 0.712. The highest BCUT2D eigenvalue weighted by Crippen LogP contribution is 2.33. The van der Waals surface area contributed by atoms with Crippen molar-refractivity contribution in [3.8, 4) is 0 Å². The molecule has 2 N–H and O–H groups in total. The van der Waals surface area contributed by atoms with Crippen LogP contribution in [0.4, 0.5) is 28.7 Å². The predicted molar refractivity (Wildman–Crippen MR) is 121 cm³/mol. The van der Waals surface area contributed by atoms with Crippen LogP contribution in [0.5, 0.6) is 0 Å². The second kappa shape index (κ2) is 9.82. The molecule has 2 aromatic carbocycles. The summed E-state index contributed by atoms with van der Waals surface area (Å²) in [7, 11) is 0. The first kappa shape index (κ1) is 21.2. The van der Waals surface area contributed by atoms with E-state index in [-0.39, 0.29) is 17.3 Å². The molecule has 0 atom stereocenters. The number of aromatic nitrogens is 2. The van der Waals surface area contributed by atoms with E-state index < -0.39 is 4.92 Å². The molecule has 0 saturated heterocycles. The lowest BCUT2D eigenvalue weighted by atomic mass is 10.0. The van der Waals surface area contributed by atoms with Gasteiger partial charge in [0, 0.05) is 11.4 Å². The van der Waals surface area contributed by atoms with Gasteiger partial charge in [-0.15, -0.1) is 0 Å². The van der Waals surface area contributed by atoms with Crippen LogP contribution in [0.3, 0.4) is 0 Å². The van der Waals surface area contributed by atoms with E-state index in [0.717, 1.165) is 30.6 Å². The Morgan fingerprint density at radius 2 is 1.47 bits per heavy atom. The number of rotatable bonds is 9. The Morgan fingerprint density at radius 1 is 0.933 bits per heavy atom. The minimum absolute atomic E-state index is 0.148. The highest BCUT2D eigenvalue weighted by molar-refractivity contribution is 5.76. The van der Waals surface area contributed by atoms with Crippen LogP contribution in [0, 0.1) is 10.1 Å². The van der Waals surface area contributed by atoms with Crippen LogP contribution >= 0.6 is 0 Å². The third-order valence-corrected chi connectivity index (χ3v) is 4.88. The van der Waals surface area contributed by atoms with Crippen molar-refractivity contribution in [2.24, 2.45) is 0 Å². The number of nitrogens with one attached hydrogen (secondary N) is 2. The third-order valence-electron chi connectivity index (χ3n) is 4.88. The molecule has 3 rings (SSSR count). The lowest BCUT2D eigenvalue weighted by Gasteiger charge is -2.11. The molecule has 0 unspecified atom stereocenters. The second-order valence-corrected chi connectivity index (χ2v) is 7.50. The number of hydrogen-bond donors (Lipinski definition) is 2. The van der Waals surface area contributed by atoms with Crippen molar-refractivity contribution in [2.45, 2.75) is 46.0 Å². The average molecular weight is 406 g/mol. The van der Waals surface area contributed by atoms with Crippen molar-refractivity contribution >= 4 is 28.7 Å². The van der Waals surface area contributed by atoms with Gasteiger partial charge in [-0.05, 0) is 54.2 Å². The Morgan fingerprint density at radius 3 is 1.93 bits per heavy atom. The summed E-state index contributed by atoms with van der Waals surface area (Å²) in [4.78, 5) is 19.5. The molecule has 156 valence electrons. The molecule has 0 aliphatic carbocycles. The van der Waals surface area contributed by atoms with Crippen LogP contribution in [0.25, 0.3) is 0 Å². The summed E-state index contributed by atoms with van der Waals surface area (Å²) in [6.45, 7) is 6.40. The van der Waals surface area contributed by atoms with E-state index in [1.165, 1.54) is 17.5 Å². The largest absolute Gasteiger partial charge is 0.353 e. The molecule has 0 aliphatic heterocycles. The van der Waals surface area contributed by atoms with Gasteiger partial charge in [0.15, 0.2) is 0 Å². The van der Waals surface area contributed by atoms with Crippen LogP contribution < -0.4 is 10.6 Å². The van der Waals surface area contributed by atoms with Gasteiger partial charge in [0.2, 0.25) is 11.6 Å². The van der Waals surface area contributed by atoms with Crippen molar-refractivity contribution in [2.75, 3.05) is 10.6 Å². The van der Waals surface area contributed by atoms with E-state index in [2.05, 4.69) is 41.4 Å². The predicted octanol–water partition coefficient (Wildman–Crippen LogP) is 6.34. The zero-order chi connectivity index (χ0) is 21.5. The molecule has 0 saturated carbocycles. The van der Waals surface area contributed by atoms with Gasteiger partial charge in [0.1, 0.15) is 6.33 Å². The Bertz CT molecular complexity index is 985. The zero-order valence-electron chi connectivity index (χ0n) is 17.6. The molecule has 7 heteroatoms. The number of nitro groups is 1. The van der Waals surface area contributed by atoms with Gasteiger partial charge in [-0.2, -0.15) is 0 Å². The maximum absolute atomic E-state index is 11.8. The van der Waals surface area contributed by atoms with E-state index in [0.29, 0.717) is 5.92 Å². The lowest BCUT2D eigenvalue weighted by molar-refractivity contribution is -0.383. The third kappa shape index (κ3) is 5.31. The Kier molecular flexibility index (Phi) is 6.95. The molecule has 1 heterocycles. The Hall–Kier alpha value is -3.48. The lowest BCUT2D eigenvalue weighted by Crippen LogP contribution is -2.05. The normalized spacial score (nSPS) is 10.8. The number of anilines is 4. The minimum atomic E-state index is -0.469. The first-order valence-electron chi connectivity index (χ1n) is 10.2. The zero-order valence-corrected chi connectivity index (χ0v) is 17.6. The van der Waals surface area contributed by atoms with E-state index in [1.54, 1.807) is 0 Å². The van der Waals surface area contributed by atoms with Crippen molar-refractivity contribution in [3.63, 3.8) is 0 Å². The van der Waals surface area contributed by atoms with E-state index in [9.17, 15) is 10.1 Å². The molecular weight excluding hydrogens is 378 g/mol. The summed E-state index contributed by atoms with van der Waals surface area (Å²) < 4.78 is 0.